The lowest BCUT2D eigenvalue weighted by Crippen LogP contribution is -2.31. The molecule has 1 fully saturated rings. The monoisotopic (exact) mass is 310 g/mol. The summed E-state index contributed by atoms with van der Waals surface area (Å²) < 4.78 is 27.4. The minimum Gasteiger partial charge on any atom is -0.326 e. The maximum absolute atomic E-state index is 12.9. The summed E-state index contributed by atoms with van der Waals surface area (Å²) in [6, 6.07) is 5.35. The Balaban J connectivity index is 2.32. The van der Waals surface area contributed by atoms with Crippen LogP contribution in [0.25, 0.3) is 0 Å². The van der Waals surface area contributed by atoms with Crippen molar-refractivity contribution in [2.45, 2.75) is 45.6 Å². The molecule has 0 saturated carbocycles. The van der Waals surface area contributed by atoms with Crippen LogP contribution in [0, 0.1) is 18.3 Å². The molecule has 0 aromatic heterocycles. The summed E-state index contributed by atoms with van der Waals surface area (Å²) in [5.41, 5.74) is 7.49. The zero-order valence-corrected chi connectivity index (χ0v) is 14.2. The molecular weight excluding hydrogens is 284 g/mol. The highest BCUT2D eigenvalue weighted by atomic mass is 32.2. The second kappa shape index (κ2) is 5.71. The summed E-state index contributed by atoms with van der Waals surface area (Å²) in [5.74, 6) is 0.408. The molecule has 0 radical (unpaired) electrons. The van der Waals surface area contributed by atoms with E-state index in [0.29, 0.717) is 30.4 Å². The van der Waals surface area contributed by atoms with Crippen molar-refractivity contribution in [2.75, 3.05) is 13.1 Å². The predicted molar refractivity (Wildman–Crippen MR) is 85.4 cm³/mol. The highest BCUT2D eigenvalue weighted by Gasteiger charge is 2.38. The van der Waals surface area contributed by atoms with Gasteiger partial charge in [-0.3, -0.25) is 0 Å². The van der Waals surface area contributed by atoms with Gasteiger partial charge in [-0.2, -0.15) is 4.31 Å². The van der Waals surface area contributed by atoms with Crippen LogP contribution in [0.2, 0.25) is 0 Å². The Bertz CT molecular complexity index is 618. The normalized spacial score (nSPS) is 20.9. The molecule has 0 amide bonds. The van der Waals surface area contributed by atoms with Crippen molar-refractivity contribution in [1.82, 2.24) is 4.31 Å². The molecule has 1 aromatic rings. The molecule has 118 valence electrons. The van der Waals surface area contributed by atoms with Crippen molar-refractivity contribution in [1.29, 1.82) is 0 Å². The van der Waals surface area contributed by atoms with Crippen LogP contribution in [0.15, 0.2) is 23.1 Å². The number of hydrogen-bond acceptors (Lipinski definition) is 3. The van der Waals surface area contributed by atoms with Gasteiger partial charge in [0.15, 0.2) is 0 Å². The molecule has 1 heterocycles. The number of benzene rings is 1. The van der Waals surface area contributed by atoms with Gasteiger partial charge in [-0.1, -0.05) is 32.9 Å². The Morgan fingerprint density at radius 1 is 1.33 bits per heavy atom. The van der Waals surface area contributed by atoms with Gasteiger partial charge in [0.25, 0.3) is 0 Å². The first-order valence-electron chi connectivity index (χ1n) is 7.46. The van der Waals surface area contributed by atoms with Gasteiger partial charge in [-0.05, 0) is 41.9 Å². The van der Waals surface area contributed by atoms with Crippen molar-refractivity contribution < 1.29 is 8.42 Å². The molecule has 1 aromatic carbocycles. The first-order valence-corrected chi connectivity index (χ1v) is 8.90. The summed E-state index contributed by atoms with van der Waals surface area (Å²) in [5, 5.41) is 0. The first kappa shape index (κ1) is 16.5. The zero-order chi connectivity index (χ0) is 15.8. The molecule has 1 aliphatic heterocycles. The summed E-state index contributed by atoms with van der Waals surface area (Å²) >= 11 is 0. The average molecular weight is 310 g/mol. The van der Waals surface area contributed by atoms with Crippen LogP contribution in [0.1, 0.15) is 38.3 Å². The molecule has 2 rings (SSSR count). The molecular formula is C16H26N2O2S. The average Bonchev–Trinajstić information content (AvgIpc) is 2.89. The molecule has 1 aliphatic rings. The zero-order valence-electron chi connectivity index (χ0n) is 13.4. The fourth-order valence-corrected chi connectivity index (χ4v) is 4.72. The van der Waals surface area contributed by atoms with Crippen LogP contribution in [-0.2, 0) is 16.6 Å². The van der Waals surface area contributed by atoms with E-state index in [4.69, 9.17) is 5.73 Å². The predicted octanol–water partition coefficient (Wildman–Crippen LogP) is 2.51. The maximum atomic E-state index is 12.9. The largest absolute Gasteiger partial charge is 0.326 e. The fourth-order valence-electron chi connectivity index (χ4n) is 2.95. The first-order chi connectivity index (χ1) is 9.67. The van der Waals surface area contributed by atoms with E-state index in [9.17, 15) is 8.42 Å². The molecule has 0 bridgehead atoms. The van der Waals surface area contributed by atoms with Crippen molar-refractivity contribution >= 4 is 10.0 Å². The summed E-state index contributed by atoms with van der Waals surface area (Å²) in [6.45, 7) is 9.94. The van der Waals surface area contributed by atoms with Gasteiger partial charge < -0.3 is 5.73 Å². The quantitative estimate of drug-likeness (QED) is 0.933. The second-order valence-electron chi connectivity index (χ2n) is 6.96. The molecule has 0 spiro atoms. The van der Waals surface area contributed by atoms with Crippen LogP contribution in [-0.4, -0.2) is 25.8 Å². The Kier molecular flexibility index (Phi) is 4.47. The van der Waals surface area contributed by atoms with Gasteiger partial charge in [0, 0.05) is 19.6 Å². The molecule has 1 unspecified atom stereocenters. The molecule has 21 heavy (non-hydrogen) atoms. The van der Waals surface area contributed by atoms with Crippen LogP contribution in [0.3, 0.4) is 0 Å². The Morgan fingerprint density at radius 3 is 2.52 bits per heavy atom. The summed E-state index contributed by atoms with van der Waals surface area (Å²) in [6.07, 6.45) is 0.929. The molecule has 0 aliphatic carbocycles. The number of nitrogens with two attached hydrogens (primary N) is 1. The van der Waals surface area contributed by atoms with Gasteiger partial charge in [0.05, 0.1) is 4.90 Å². The Hall–Kier alpha value is -0.910. The van der Waals surface area contributed by atoms with Gasteiger partial charge in [-0.25, -0.2) is 8.42 Å². The van der Waals surface area contributed by atoms with E-state index < -0.39 is 10.0 Å². The standard InChI is InChI=1S/C16H26N2O2S/c1-12-13(10-17)6-5-7-15(12)21(19,20)18-9-8-14(11-18)16(2,3)4/h5-7,14H,8-11,17H2,1-4H3. The van der Waals surface area contributed by atoms with E-state index >= 15 is 0 Å². The molecule has 5 heteroatoms. The van der Waals surface area contributed by atoms with E-state index in [1.807, 2.05) is 13.0 Å². The Morgan fingerprint density at radius 2 is 2.00 bits per heavy atom. The summed E-state index contributed by atoms with van der Waals surface area (Å²) in [4.78, 5) is 0.403. The van der Waals surface area contributed by atoms with Crippen LogP contribution >= 0.6 is 0 Å². The lowest BCUT2D eigenvalue weighted by Gasteiger charge is -2.27. The van der Waals surface area contributed by atoms with Crippen molar-refractivity contribution in [3.8, 4) is 0 Å². The van der Waals surface area contributed by atoms with Crippen molar-refractivity contribution in [3.63, 3.8) is 0 Å². The van der Waals surface area contributed by atoms with E-state index in [2.05, 4.69) is 20.8 Å². The fraction of sp³-hybridized carbons (Fsp3) is 0.625. The third-order valence-electron chi connectivity index (χ3n) is 4.61. The smallest absolute Gasteiger partial charge is 0.243 e. The van der Waals surface area contributed by atoms with Crippen LogP contribution in [0.5, 0.6) is 0 Å². The molecule has 1 saturated heterocycles. The van der Waals surface area contributed by atoms with Crippen LogP contribution in [0.4, 0.5) is 0 Å². The minimum atomic E-state index is -3.42. The van der Waals surface area contributed by atoms with Gasteiger partial charge >= 0.3 is 0 Å². The molecule has 4 nitrogen and oxygen atoms in total. The number of rotatable bonds is 3. The van der Waals surface area contributed by atoms with Gasteiger partial charge in [0.2, 0.25) is 10.0 Å². The highest BCUT2D eigenvalue weighted by Crippen LogP contribution is 2.36. The maximum Gasteiger partial charge on any atom is 0.243 e. The third-order valence-corrected chi connectivity index (χ3v) is 6.62. The lowest BCUT2D eigenvalue weighted by molar-refractivity contribution is 0.252. The molecule has 1 atom stereocenters. The SMILES string of the molecule is Cc1c(CN)cccc1S(=O)(=O)N1CCC(C(C)(C)C)C1. The molecule has 2 N–H and O–H groups in total. The van der Waals surface area contributed by atoms with Gasteiger partial charge in [-0.15, -0.1) is 0 Å². The summed E-state index contributed by atoms with van der Waals surface area (Å²) in [7, 11) is -3.42. The van der Waals surface area contributed by atoms with Crippen LogP contribution < -0.4 is 5.73 Å². The van der Waals surface area contributed by atoms with E-state index in [0.717, 1.165) is 17.5 Å². The van der Waals surface area contributed by atoms with E-state index in [-0.39, 0.29) is 5.41 Å². The van der Waals surface area contributed by atoms with E-state index in [1.54, 1.807) is 16.4 Å². The highest BCUT2D eigenvalue weighted by molar-refractivity contribution is 7.89. The van der Waals surface area contributed by atoms with E-state index in [1.165, 1.54) is 0 Å². The second-order valence-corrected chi connectivity index (χ2v) is 8.87. The van der Waals surface area contributed by atoms with Gasteiger partial charge in [0.1, 0.15) is 0 Å². The number of hydrogen-bond donors (Lipinski definition) is 1. The topological polar surface area (TPSA) is 63.4 Å². The van der Waals surface area contributed by atoms with Crippen molar-refractivity contribution in [3.05, 3.63) is 29.3 Å². The minimum absolute atomic E-state index is 0.137. The number of sulfonamides is 1. The van der Waals surface area contributed by atoms with Crippen molar-refractivity contribution in [2.24, 2.45) is 17.1 Å². The lowest BCUT2D eigenvalue weighted by atomic mass is 9.80. The third kappa shape index (κ3) is 3.15. The number of nitrogens with zero attached hydrogens (tertiary/aromatic N) is 1. The Labute approximate surface area is 128 Å².